The molecule has 0 radical (unpaired) electrons. The predicted octanol–water partition coefficient (Wildman–Crippen LogP) is 2.79. The second kappa shape index (κ2) is 7.25. The molecule has 1 amide bonds. The molecule has 6 nitrogen and oxygen atoms in total. The van der Waals surface area contributed by atoms with Gasteiger partial charge in [-0.15, -0.1) is 0 Å². The Morgan fingerprint density at radius 3 is 2.62 bits per heavy atom. The molecular formula is C14H17ClF3N5O. The maximum absolute atomic E-state index is 12.7. The summed E-state index contributed by atoms with van der Waals surface area (Å²) in [7, 11) is 0. The molecule has 24 heavy (non-hydrogen) atoms. The Morgan fingerprint density at radius 2 is 2.08 bits per heavy atom. The van der Waals surface area contributed by atoms with Gasteiger partial charge in [0.05, 0.1) is 29.5 Å². The quantitative estimate of drug-likeness (QED) is 0.858. The third-order valence-electron chi connectivity index (χ3n) is 3.44. The van der Waals surface area contributed by atoms with Crippen LogP contribution in [0, 0.1) is 6.92 Å². The second-order valence-electron chi connectivity index (χ2n) is 5.16. The smallest absolute Gasteiger partial charge is 0.350 e. The van der Waals surface area contributed by atoms with Gasteiger partial charge in [0.1, 0.15) is 0 Å². The third kappa shape index (κ3) is 4.28. The summed E-state index contributed by atoms with van der Waals surface area (Å²) < 4.78 is 41.0. The average molecular weight is 364 g/mol. The number of carbonyl (C=O) groups is 1. The Balaban J connectivity index is 1.90. The number of carbonyl (C=O) groups excluding carboxylic acids is 1. The van der Waals surface area contributed by atoms with E-state index in [0.717, 1.165) is 11.2 Å². The van der Waals surface area contributed by atoms with Gasteiger partial charge in [0.2, 0.25) is 5.91 Å². The van der Waals surface area contributed by atoms with Gasteiger partial charge in [-0.05, 0) is 19.9 Å². The fourth-order valence-corrected chi connectivity index (χ4v) is 2.32. The first kappa shape index (κ1) is 18.3. The van der Waals surface area contributed by atoms with E-state index in [1.165, 1.54) is 6.92 Å². The highest BCUT2D eigenvalue weighted by Crippen LogP contribution is 2.35. The lowest BCUT2D eigenvalue weighted by atomic mass is 10.3. The van der Waals surface area contributed by atoms with E-state index in [1.807, 2.05) is 6.92 Å². The molecule has 2 heterocycles. The van der Waals surface area contributed by atoms with Crippen molar-refractivity contribution in [2.24, 2.45) is 0 Å². The van der Waals surface area contributed by atoms with Crippen molar-refractivity contribution in [2.75, 3.05) is 0 Å². The number of aryl methyl sites for hydroxylation is 2. The predicted molar refractivity (Wildman–Crippen MR) is 81.3 cm³/mol. The fourth-order valence-electron chi connectivity index (χ4n) is 2.08. The molecule has 10 heteroatoms. The monoisotopic (exact) mass is 363 g/mol. The number of hydrogen-bond donors (Lipinski definition) is 1. The topological polar surface area (TPSA) is 64.7 Å². The van der Waals surface area contributed by atoms with Crippen LogP contribution in [-0.2, 0) is 30.6 Å². The number of alkyl halides is 3. The molecule has 0 atom stereocenters. The normalized spacial score (nSPS) is 11.8. The number of nitrogens with one attached hydrogen (secondary N) is 1. The van der Waals surface area contributed by atoms with Gasteiger partial charge < -0.3 is 5.32 Å². The second-order valence-corrected chi connectivity index (χ2v) is 5.54. The lowest BCUT2D eigenvalue weighted by Crippen LogP contribution is -2.24. The van der Waals surface area contributed by atoms with E-state index >= 15 is 0 Å². The van der Waals surface area contributed by atoms with Gasteiger partial charge in [-0.2, -0.15) is 23.4 Å². The SMILES string of the molecule is CCn1ccc(CNC(=O)CCn2nc(C(F)(F)F)c(Cl)c2C)n1. The first-order chi connectivity index (χ1) is 11.2. The van der Waals surface area contributed by atoms with Gasteiger partial charge >= 0.3 is 6.18 Å². The minimum absolute atomic E-state index is 0.00929. The molecule has 0 fully saturated rings. The van der Waals surface area contributed by atoms with E-state index in [9.17, 15) is 18.0 Å². The lowest BCUT2D eigenvalue weighted by molar-refractivity contribution is -0.141. The molecule has 2 rings (SSSR count). The highest BCUT2D eigenvalue weighted by atomic mass is 35.5. The highest BCUT2D eigenvalue weighted by molar-refractivity contribution is 6.31. The van der Waals surface area contributed by atoms with Crippen LogP contribution in [-0.4, -0.2) is 25.5 Å². The zero-order chi connectivity index (χ0) is 17.9. The Kier molecular flexibility index (Phi) is 5.53. The summed E-state index contributed by atoms with van der Waals surface area (Å²) in [4.78, 5) is 11.8. The molecule has 0 unspecified atom stereocenters. The van der Waals surface area contributed by atoms with Gasteiger partial charge in [-0.25, -0.2) is 0 Å². The van der Waals surface area contributed by atoms with E-state index in [4.69, 9.17) is 11.6 Å². The molecule has 0 saturated heterocycles. The molecule has 2 aromatic heterocycles. The first-order valence-electron chi connectivity index (χ1n) is 7.31. The van der Waals surface area contributed by atoms with Crippen molar-refractivity contribution in [3.63, 3.8) is 0 Å². The van der Waals surface area contributed by atoms with Crippen LogP contribution >= 0.6 is 11.6 Å². The number of halogens is 4. The van der Waals surface area contributed by atoms with Crippen LogP contribution < -0.4 is 5.32 Å². The van der Waals surface area contributed by atoms with Gasteiger partial charge in [0.15, 0.2) is 5.69 Å². The minimum Gasteiger partial charge on any atom is -0.350 e. The van der Waals surface area contributed by atoms with Crippen molar-refractivity contribution < 1.29 is 18.0 Å². The Morgan fingerprint density at radius 1 is 1.38 bits per heavy atom. The molecule has 0 bridgehead atoms. The van der Waals surface area contributed by atoms with E-state index in [-0.39, 0.29) is 31.1 Å². The summed E-state index contributed by atoms with van der Waals surface area (Å²) in [5.41, 5.74) is -0.242. The van der Waals surface area contributed by atoms with Crippen LogP contribution in [0.15, 0.2) is 12.3 Å². The minimum atomic E-state index is -4.62. The van der Waals surface area contributed by atoms with Gasteiger partial charge in [0, 0.05) is 19.2 Å². The largest absolute Gasteiger partial charge is 0.436 e. The summed E-state index contributed by atoms with van der Waals surface area (Å²) in [6.45, 7) is 4.38. The van der Waals surface area contributed by atoms with Gasteiger partial charge in [0.25, 0.3) is 0 Å². The van der Waals surface area contributed by atoms with Crippen molar-refractivity contribution in [3.05, 3.63) is 34.4 Å². The Labute approximate surface area is 141 Å². The molecule has 132 valence electrons. The molecule has 1 N–H and O–H groups in total. The molecule has 0 aliphatic heterocycles. The van der Waals surface area contributed by atoms with Crippen molar-refractivity contribution >= 4 is 17.5 Å². The zero-order valence-electron chi connectivity index (χ0n) is 13.2. The van der Waals surface area contributed by atoms with Crippen LogP contribution in [0.25, 0.3) is 0 Å². The van der Waals surface area contributed by atoms with Crippen LogP contribution in [0.3, 0.4) is 0 Å². The Hall–Kier alpha value is -2.03. The van der Waals surface area contributed by atoms with Crippen LogP contribution in [0.5, 0.6) is 0 Å². The van der Waals surface area contributed by atoms with Crippen molar-refractivity contribution in [1.82, 2.24) is 24.9 Å². The fraction of sp³-hybridized carbons (Fsp3) is 0.500. The average Bonchev–Trinajstić information content (AvgIpc) is 3.09. The molecule has 0 spiro atoms. The highest BCUT2D eigenvalue weighted by Gasteiger charge is 2.38. The van der Waals surface area contributed by atoms with Crippen LogP contribution in [0.4, 0.5) is 13.2 Å². The molecule has 0 saturated carbocycles. The molecule has 0 aliphatic rings. The van der Waals surface area contributed by atoms with Gasteiger partial charge in [-0.1, -0.05) is 11.6 Å². The van der Waals surface area contributed by atoms with Crippen molar-refractivity contribution in [3.8, 4) is 0 Å². The van der Waals surface area contributed by atoms with E-state index < -0.39 is 16.9 Å². The number of amides is 1. The maximum atomic E-state index is 12.7. The van der Waals surface area contributed by atoms with Crippen molar-refractivity contribution in [2.45, 2.75) is 46.1 Å². The Bertz CT molecular complexity index is 723. The summed E-state index contributed by atoms with van der Waals surface area (Å²) in [6, 6.07) is 1.79. The van der Waals surface area contributed by atoms with E-state index in [2.05, 4.69) is 15.5 Å². The molecule has 0 aromatic carbocycles. The lowest BCUT2D eigenvalue weighted by Gasteiger charge is -2.05. The summed E-state index contributed by atoms with van der Waals surface area (Å²) in [5, 5.41) is 9.90. The van der Waals surface area contributed by atoms with E-state index in [1.54, 1.807) is 16.9 Å². The van der Waals surface area contributed by atoms with Crippen LogP contribution in [0.1, 0.15) is 30.4 Å². The molecule has 2 aromatic rings. The van der Waals surface area contributed by atoms with Crippen LogP contribution in [0.2, 0.25) is 5.02 Å². The van der Waals surface area contributed by atoms with Gasteiger partial charge in [-0.3, -0.25) is 14.2 Å². The first-order valence-corrected chi connectivity index (χ1v) is 7.69. The summed E-state index contributed by atoms with van der Waals surface area (Å²) in [6.07, 6.45) is -2.83. The number of hydrogen-bond acceptors (Lipinski definition) is 3. The summed E-state index contributed by atoms with van der Waals surface area (Å²) >= 11 is 5.66. The third-order valence-corrected chi connectivity index (χ3v) is 3.89. The number of nitrogens with zero attached hydrogens (tertiary/aromatic N) is 4. The maximum Gasteiger partial charge on any atom is 0.436 e. The zero-order valence-corrected chi connectivity index (χ0v) is 13.9. The molecule has 0 aliphatic carbocycles. The standard InChI is InChI=1S/C14H17ClF3N5O/c1-3-22-6-4-10(20-22)8-19-11(24)5-7-23-9(2)12(15)13(21-23)14(16,17)18/h4,6H,3,5,7-8H2,1-2H3,(H,19,24). The van der Waals surface area contributed by atoms with Crippen molar-refractivity contribution in [1.29, 1.82) is 0 Å². The number of aromatic nitrogens is 4. The number of rotatable bonds is 6. The summed E-state index contributed by atoms with van der Waals surface area (Å²) in [5.74, 6) is -0.305. The molecular weight excluding hydrogens is 347 g/mol. The van der Waals surface area contributed by atoms with E-state index in [0.29, 0.717) is 5.69 Å².